The monoisotopic (exact) mass is 793 g/mol. The van der Waals surface area contributed by atoms with Gasteiger partial charge in [0.25, 0.3) is 0 Å². The first-order valence-electron chi connectivity index (χ1n) is 24.8. The van der Waals surface area contributed by atoms with Crippen LogP contribution in [0, 0.1) is 11.8 Å². The normalized spacial score (nSPS) is 12.5. The Morgan fingerprint density at radius 3 is 1.02 bits per heavy atom. The molecule has 0 radical (unpaired) electrons. The molecule has 0 fully saturated rings. The summed E-state index contributed by atoms with van der Waals surface area (Å²) in [6, 6.07) is 0. The molecule has 6 heteroatoms. The summed E-state index contributed by atoms with van der Waals surface area (Å²) in [6.07, 6.45) is 42.3. The van der Waals surface area contributed by atoms with E-state index < -0.39 is 6.10 Å². The van der Waals surface area contributed by atoms with Crippen LogP contribution in [0.4, 0.5) is 0 Å². The Kier molecular flexibility index (Phi) is 41.8. The Bertz CT molecular complexity index is 856. The lowest BCUT2D eigenvalue weighted by molar-refractivity contribution is -0.167. The van der Waals surface area contributed by atoms with E-state index in [-0.39, 0.29) is 31.1 Å². The Balaban J connectivity index is 4.31. The molecule has 6 nitrogen and oxygen atoms in total. The summed E-state index contributed by atoms with van der Waals surface area (Å²) in [7, 11) is 0. The summed E-state index contributed by atoms with van der Waals surface area (Å²) in [4.78, 5) is 37.8. The zero-order valence-corrected chi connectivity index (χ0v) is 38.3. The minimum absolute atomic E-state index is 0.0648. The summed E-state index contributed by atoms with van der Waals surface area (Å²) in [5, 5.41) is 0. The lowest BCUT2D eigenvalue weighted by atomic mass is 10.00. The standard InChI is InChI=1S/C50H96O6/c1-6-8-9-10-11-12-13-14-15-16-17-21-24-30-35-40-48(51)54-43-47(44-55-49(52)41-36-31-27-26-29-34-39-46(5)7-2)56-50(53)42-37-32-25-22-19-18-20-23-28-33-38-45(3)4/h45-47H,6-44H2,1-5H3/t46?,47-/m1/s1. The highest BCUT2D eigenvalue weighted by atomic mass is 16.6. The van der Waals surface area contributed by atoms with Crippen LogP contribution in [0.25, 0.3) is 0 Å². The molecule has 0 aliphatic heterocycles. The molecule has 0 aromatic rings. The van der Waals surface area contributed by atoms with Gasteiger partial charge in [0.05, 0.1) is 0 Å². The van der Waals surface area contributed by atoms with Gasteiger partial charge in [-0.2, -0.15) is 0 Å². The first-order chi connectivity index (χ1) is 27.3. The molecule has 0 bridgehead atoms. The number of rotatable bonds is 44. The number of ether oxygens (including phenoxy) is 3. The van der Waals surface area contributed by atoms with Crippen molar-refractivity contribution in [3.63, 3.8) is 0 Å². The van der Waals surface area contributed by atoms with E-state index in [0.717, 1.165) is 69.6 Å². The van der Waals surface area contributed by atoms with Crippen LogP contribution in [-0.4, -0.2) is 37.2 Å². The van der Waals surface area contributed by atoms with Gasteiger partial charge in [-0.1, -0.05) is 234 Å². The van der Waals surface area contributed by atoms with Gasteiger partial charge in [0.1, 0.15) is 13.2 Å². The van der Waals surface area contributed by atoms with Crippen molar-refractivity contribution >= 4 is 17.9 Å². The van der Waals surface area contributed by atoms with Crippen LogP contribution in [0.1, 0.15) is 272 Å². The number of hydrogen-bond donors (Lipinski definition) is 0. The summed E-state index contributed by atoms with van der Waals surface area (Å²) < 4.78 is 16.8. The fraction of sp³-hybridized carbons (Fsp3) is 0.940. The van der Waals surface area contributed by atoms with Crippen molar-refractivity contribution in [3.05, 3.63) is 0 Å². The number of hydrogen-bond acceptors (Lipinski definition) is 6. The lowest BCUT2D eigenvalue weighted by Crippen LogP contribution is -2.30. The minimum atomic E-state index is -0.762. The second-order valence-electron chi connectivity index (χ2n) is 17.8. The predicted octanol–water partition coefficient (Wildman–Crippen LogP) is 15.8. The molecular weight excluding hydrogens is 697 g/mol. The van der Waals surface area contributed by atoms with Gasteiger partial charge in [0.2, 0.25) is 0 Å². The largest absolute Gasteiger partial charge is 0.462 e. The Morgan fingerprint density at radius 1 is 0.375 bits per heavy atom. The SMILES string of the molecule is CCCCCCCCCCCCCCCCCC(=O)OC[C@H](COC(=O)CCCCCCCCC(C)CC)OC(=O)CCCCCCCCCCCCC(C)C. The molecule has 0 aliphatic carbocycles. The number of carbonyl (C=O) groups excluding carboxylic acids is 3. The van der Waals surface area contributed by atoms with E-state index in [4.69, 9.17) is 14.2 Å². The van der Waals surface area contributed by atoms with Gasteiger partial charge in [0.15, 0.2) is 6.10 Å². The van der Waals surface area contributed by atoms with E-state index in [1.807, 2.05) is 0 Å². The average Bonchev–Trinajstić information content (AvgIpc) is 3.18. The number of unbranched alkanes of at least 4 members (excludes halogenated alkanes) is 28. The summed E-state index contributed by atoms with van der Waals surface area (Å²) in [5.74, 6) is 0.776. The van der Waals surface area contributed by atoms with Crippen LogP contribution < -0.4 is 0 Å². The fourth-order valence-electron chi connectivity index (χ4n) is 7.43. The van der Waals surface area contributed by atoms with Crippen LogP contribution in [0.2, 0.25) is 0 Å². The smallest absolute Gasteiger partial charge is 0.306 e. The molecule has 0 aromatic heterocycles. The molecule has 0 spiro atoms. The van der Waals surface area contributed by atoms with E-state index in [1.54, 1.807) is 0 Å². The molecule has 332 valence electrons. The van der Waals surface area contributed by atoms with Crippen molar-refractivity contribution in [1.29, 1.82) is 0 Å². The molecule has 0 saturated carbocycles. The minimum Gasteiger partial charge on any atom is -0.462 e. The molecular formula is C50H96O6. The first kappa shape index (κ1) is 54.4. The van der Waals surface area contributed by atoms with Crippen molar-refractivity contribution in [3.8, 4) is 0 Å². The quantitative estimate of drug-likeness (QED) is 0.0347. The van der Waals surface area contributed by atoms with Gasteiger partial charge in [-0.25, -0.2) is 0 Å². The molecule has 2 atom stereocenters. The summed E-state index contributed by atoms with van der Waals surface area (Å²) in [5.41, 5.74) is 0. The summed E-state index contributed by atoms with van der Waals surface area (Å²) in [6.45, 7) is 11.3. The molecule has 1 unspecified atom stereocenters. The van der Waals surface area contributed by atoms with Crippen molar-refractivity contribution in [2.45, 2.75) is 278 Å². The van der Waals surface area contributed by atoms with Crippen LogP contribution in [0.3, 0.4) is 0 Å². The molecule has 0 heterocycles. The van der Waals surface area contributed by atoms with Crippen molar-refractivity contribution < 1.29 is 28.6 Å². The Hall–Kier alpha value is -1.59. The molecule has 0 aromatic carbocycles. The van der Waals surface area contributed by atoms with Gasteiger partial charge in [0, 0.05) is 19.3 Å². The van der Waals surface area contributed by atoms with Crippen molar-refractivity contribution in [1.82, 2.24) is 0 Å². The van der Waals surface area contributed by atoms with Crippen LogP contribution in [0.15, 0.2) is 0 Å². The van der Waals surface area contributed by atoms with E-state index >= 15 is 0 Å². The maximum atomic E-state index is 12.7. The molecule has 0 saturated heterocycles. The number of esters is 3. The Morgan fingerprint density at radius 2 is 0.679 bits per heavy atom. The van der Waals surface area contributed by atoms with Crippen molar-refractivity contribution in [2.75, 3.05) is 13.2 Å². The van der Waals surface area contributed by atoms with Gasteiger partial charge in [-0.05, 0) is 31.1 Å². The molecule has 56 heavy (non-hydrogen) atoms. The first-order valence-corrected chi connectivity index (χ1v) is 24.8. The Labute approximate surface area is 348 Å². The number of carbonyl (C=O) groups is 3. The highest BCUT2D eigenvalue weighted by Crippen LogP contribution is 2.17. The molecule has 0 amide bonds. The predicted molar refractivity (Wildman–Crippen MR) is 238 cm³/mol. The third-order valence-corrected chi connectivity index (χ3v) is 11.6. The molecule has 0 rings (SSSR count). The lowest BCUT2D eigenvalue weighted by Gasteiger charge is -2.18. The topological polar surface area (TPSA) is 78.9 Å². The van der Waals surface area contributed by atoms with E-state index in [9.17, 15) is 14.4 Å². The van der Waals surface area contributed by atoms with E-state index in [1.165, 1.54) is 161 Å². The molecule has 0 aliphatic rings. The van der Waals surface area contributed by atoms with Gasteiger partial charge >= 0.3 is 17.9 Å². The highest BCUT2D eigenvalue weighted by Gasteiger charge is 2.19. The van der Waals surface area contributed by atoms with Gasteiger partial charge in [-0.15, -0.1) is 0 Å². The van der Waals surface area contributed by atoms with Crippen LogP contribution >= 0.6 is 0 Å². The van der Waals surface area contributed by atoms with Crippen molar-refractivity contribution in [2.24, 2.45) is 11.8 Å². The van der Waals surface area contributed by atoms with Gasteiger partial charge in [-0.3, -0.25) is 14.4 Å². The van der Waals surface area contributed by atoms with Crippen LogP contribution in [-0.2, 0) is 28.6 Å². The second-order valence-corrected chi connectivity index (χ2v) is 17.8. The van der Waals surface area contributed by atoms with E-state index in [2.05, 4.69) is 34.6 Å². The van der Waals surface area contributed by atoms with Gasteiger partial charge < -0.3 is 14.2 Å². The van der Waals surface area contributed by atoms with Crippen LogP contribution in [0.5, 0.6) is 0 Å². The highest BCUT2D eigenvalue weighted by molar-refractivity contribution is 5.71. The van der Waals surface area contributed by atoms with E-state index in [0.29, 0.717) is 19.3 Å². The zero-order chi connectivity index (χ0) is 41.2. The molecule has 0 N–H and O–H groups in total. The summed E-state index contributed by atoms with van der Waals surface area (Å²) >= 11 is 0. The maximum absolute atomic E-state index is 12.7. The second kappa shape index (κ2) is 43.0. The third kappa shape index (κ3) is 42.0. The average molecular weight is 793 g/mol. The fourth-order valence-corrected chi connectivity index (χ4v) is 7.43. The third-order valence-electron chi connectivity index (χ3n) is 11.6. The maximum Gasteiger partial charge on any atom is 0.306 e. The zero-order valence-electron chi connectivity index (χ0n) is 38.3.